The van der Waals surface area contributed by atoms with E-state index >= 15 is 0 Å². The topological polar surface area (TPSA) is 106 Å². The monoisotopic (exact) mass is 316 g/mol. The fourth-order valence-corrected chi connectivity index (χ4v) is 3.04. The number of terminal acetylenes is 1. The molecule has 6 nitrogen and oxygen atoms in total. The number of hydrogen-bond acceptors (Lipinski definition) is 4. The summed E-state index contributed by atoms with van der Waals surface area (Å²) in [7, 11) is -7.47. The lowest BCUT2D eigenvalue weighted by Gasteiger charge is -2.06. The first-order valence-corrected chi connectivity index (χ1v) is 8.86. The van der Waals surface area contributed by atoms with Gasteiger partial charge in [0.25, 0.3) is 0 Å². The van der Waals surface area contributed by atoms with Crippen molar-refractivity contribution < 1.29 is 16.8 Å². The molecule has 0 heterocycles. The quantitative estimate of drug-likeness (QED) is 0.561. The second kappa shape index (κ2) is 6.85. The Bertz CT molecular complexity index is 686. The zero-order chi connectivity index (χ0) is 15.2. The first kappa shape index (κ1) is 16.7. The largest absolute Gasteiger partial charge is 0.240 e. The Morgan fingerprint density at radius 2 is 1.60 bits per heavy atom. The highest BCUT2D eigenvalue weighted by atomic mass is 32.2. The molecule has 0 aliphatic rings. The van der Waals surface area contributed by atoms with Gasteiger partial charge in [0, 0.05) is 13.0 Å². The van der Waals surface area contributed by atoms with Crippen LogP contribution in [0.2, 0.25) is 0 Å². The Morgan fingerprint density at radius 3 is 2.10 bits per heavy atom. The number of nitrogens with one attached hydrogen (secondary N) is 1. The fraction of sp³-hybridized carbons (Fsp3) is 0.333. The first-order chi connectivity index (χ1) is 9.27. The van der Waals surface area contributed by atoms with Crippen LogP contribution in [-0.4, -0.2) is 23.4 Å². The van der Waals surface area contributed by atoms with Crippen molar-refractivity contribution in [3.05, 3.63) is 24.3 Å². The summed E-state index contributed by atoms with van der Waals surface area (Å²) in [6.07, 6.45) is 7.07. The van der Waals surface area contributed by atoms with E-state index < -0.39 is 20.0 Å². The first-order valence-electron chi connectivity index (χ1n) is 5.83. The standard InChI is InChI=1S/C12H16N2O4S2/c1-2-3-4-5-10-14-20(17,18)12-8-6-11(7-9-12)19(13,15)16/h1,6-9,14H,3-5,10H2,(H2,13,15,16). The fourth-order valence-electron chi connectivity index (χ4n) is 1.45. The second-order valence-corrected chi connectivity index (χ2v) is 7.40. The third-order valence-corrected chi connectivity index (χ3v) is 4.91. The molecule has 1 rings (SSSR count). The molecule has 8 heteroatoms. The highest BCUT2D eigenvalue weighted by Gasteiger charge is 2.15. The molecule has 110 valence electrons. The van der Waals surface area contributed by atoms with Crippen LogP contribution < -0.4 is 9.86 Å². The molecule has 0 amide bonds. The zero-order valence-electron chi connectivity index (χ0n) is 10.7. The van der Waals surface area contributed by atoms with Crippen molar-refractivity contribution in [2.24, 2.45) is 5.14 Å². The van der Waals surface area contributed by atoms with Crippen LogP contribution in [0.3, 0.4) is 0 Å². The van der Waals surface area contributed by atoms with Crippen LogP contribution >= 0.6 is 0 Å². The van der Waals surface area contributed by atoms with Gasteiger partial charge in [-0.2, -0.15) is 0 Å². The van der Waals surface area contributed by atoms with Crippen molar-refractivity contribution in [3.8, 4) is 12.3 Å². The van der Waals surface area contributed by atoms with Crippen molar-refractivity contribution >= 4 is 20.0 Å². The minimum atomic E-state index is -3.83. The summed E-state index contributed by atoms with van der Waals surface area (Å²) in [5, 5.41) is 4.93. The van der Waals surface area contributed by atoms with Gasteiger partial charge in [0.1, 0.15) is 0 Å². The third kappa shape index (κ3) is 4.94. The molecule has 0 unspecified atom stereocenters. The van der Waals surface area contributed by atoms with Crippen LogP contribution in [0.5, 0.6) is 0 Å². The summed E-state index contributed by atoms with van der Waals surface area (Å²) in [5.74, 6) is 2.47. The van der Waals surface area contributed by atoms with Crippen LogP contribution in [0.25, 0.3) is 0 Å². The lowest BCUT2D eigenvalue weighted by molar-refractivity contribution is 0.576. The summed E-state index contributed by atoms with van der Waals surface area (Å²) < 4.78 is 48.3. The summed E-state index contributed by atoms with van der Waals surface area (Å²) in [6.45, 7) is 0.279. The van der Waals surface area contributed by atoms with Crippen molar-refractivity contribution in [1.82, 2.24) is 4.72 Å². The van der Waals surface area contributed by atoms with Crippen LogP contribution in [0, 0.1) is 12.3 Å². The number of sulfonamides is 2. The lowest BCUT2D eigenvalue weighted by Crippen LogP contribution is -2.24. The average Bonchev–Trinajstić information content (AvgIpc) is 2.37. The second-order valence-electron chi connectivity index (χ2n) is 4.08. The molecule has 20 heavy (non-hydrogen) atoms. The van der Waals surface area contributed by atoms with Gasteiger partial charge in [0.15, 0.2) is 0 Å². The SMILES string of the molecule is C#CCCCCNS(=O)(=O)c1ccc(S(N)(=O)=O)cc1. The number of primary sulfonamides is 1. The van der Waals surface area contributed by atoms with Gasteiger partial charge in [-0.25, -0.2) is 26.7 Å². The van der Waals surface area contributed by atoms with Gasteiger partial charge < -0.3 is 0 Å². The third-order valence-electron chi connectivity index (χ3n) is 2.50. The molecule has 1 aromatic rings. The van der Waals surface area contributed by atoms with E-state index in [1.807, 2.05) is 0 Å². The molecule has 0 saturated heterocycles. The molecule has 0 bridgehead atoms. The maximum absolute atomic E-state index is 11.9. The molecule has 0 aromatic heterocycles. The number of hydrogen-bond donors (Lipinski definition) is 2. The molecule has 0 radical (unpaired) electrons. The van der Waals surface area contributed by atoms with Crippen LogP contribution in [-0.2, 0) is 20.0 Å². The number of unbranched alkanes of at least 4 members (excludes halogenated alkanes) is 2. The summed E-state index contributed by atoms with van der Waals surface area (Å²) in [6, 6.07) is 4.71. The Hall–Kier alpha value is -1.40. The van der Waals surface area contributed by atoms with Crippen LogP contribution in [0.4, 0.5) is 0 Å². The maximum Gasteiger partial charge on any atom is 0.240 e. The smallest absolute Gasteiger partial charge is 0.225 e. The molecular formula is C12H16N2O4S2. The summed E-state index contributed by atoms with van der Waals surface area (Å²) in [4.78, 5) is -0.146. The predicted octanol–water partition coefficient (Wildman–Crippen LogP) is 0.416. The van der Waals surface area contributed by atoms with E-state index in [4.69, 9.17) is 11.6 Å². The Kier molecular flexibility index (Phi) is 5.71. The van der Waals surface area contributed by atoms with E-state index in [2.05, 4.69) is 10.6 Å². The zero-order valence-corrected chi connectivity index (χ0v) is 12.4. The minimum Gasteiger partial charge on any atom is -0.225 e. The molecule has 0 saturated carbocycles. The van der Waals surface area contributed by atoms with Crippen LogP contribution in [0.15, 0.2) is 34.1 Å². The van der Waals surface area contributed by atoms with Gasteiger partial charge in [-0.05, 0) is 37.1 Å². The van der Waals surface area contributed by atoms with Gasteiger partial charge in [-0.15, -0.1) is 12.3 Å². The molecule has 0 aliphatic heterocycles. The van der Waals surface area contributed by atoms with Gasteiger partial charge in [-0.3, -0.25) is 0 Å². The van der Waals surface area contributed by atoms with Crippen LogP contribution in [0.1, 0.15) is 19.3 Å². The van der Waals surface area contributed by atoms with E-state index in [0.29, 0.717) is 12.8 Å². The van der Waals surface area contributed by atoms with Gasteiger partial charge in [0.05, 0.1) is 9.79 Å². The van der Waals surface area contributed by atoms with E-state index in [-0.39, 0.29) is 16.3 Å². The van der Waals surface area contributed by atoms with Gasteiger partial charge in [0.2, 0.25) is 20.0 Å². The molecule has 0 aliphatic carbocycles. The van der Waals surface area contributed by atoms with E-state index in [9.17, 15) is 16.8 Å². The van der Waals surface area contributed by atoms with Gasteiger partial charge in [-0.1, -0.05) is 0 Å². The van der Waals surface area contributed by atoms with Crippen molar-refractivity contribution in [2.75, 3.05) is 6.54 Å². The number of benzene rings is 1. The summed E-state index contributed by atoms with van der Waals surface area (Å²) >= 11 is 0. The molecule has 3 N–H and O–H groups in total. The Morgan fingerprint density at radius 1 is 1.05 bits per heavy atom. The number of nitrogens with two attached hydrogens (primary N) is 1. The highest BCUT2D eigenvalue weighted by Crippen LogP contribution is 2.13. The molecule has 0 fully saturated rings. The Labute approximate surface area is 119 Å². The Balaban J connectivity index is 2.71. The highest BCUT2D eigenvalue weighted by molar-refractivity contribution is 7.89. The normalized spacial score (nSPS) is 12.0. The molecular weight excluding hydrogens is 300 g/mol. The van der Waals surface area contributed by atoms with Crippen molar-refractivity contribution in [2.45, 2.75) is 29.1 Å². The van der Waals surface area contributed by atoms with Gasteiger partial charge >= 0.3 is 0 Å². The minimum absolute atomic E-state index is 0.0122. The maximum atomic E-state index is 11.9. The van der Waals surface area contributed by atoms with E-state index in [1.165, 1.54) is 12.1 Å². The molecule has 0 spiro atoms. The van der Waals surface area contributed by atoms with Crippen molar-refractivity contribution in [3.63, 3.8) is 0 Å². The lowest BCUT2D eigenvalue weighted by atomic mass is 10.2. The molecule has 0 atom stereocenters. The van der Waals surface area contributed by atoms with E-state index in [0.717, 1.165) is 18.6 Å². The van der Waals surface area contributed by atoms with E-state index in [1.54, 1.807) is 0 Å². The average molecular weight is 316 g/mol. The number of rotatable bonds is 7. The van der Waals surface area contributed by atoms with Crippen molar-refractivity contribution in [1.29, 1.82) is 0 Å². The molecule has 1 aromatic carbocycles. The predicted molar refractivity (Wildman–Crippen MR) is 75.7 cm³/mol. The summed E-state index contributed by atoms with van der Waals surface area (Å²) in [5.41, 5.74) is 0.